The molecule has 0 amide bonds. The molecule has 0 aliphatic rings. The van der Waals surface area contributed by atoms with Gasteiger partial charge in [0.15, 0.2) is 0 Å². The predicted molar refractivity (Wildman–Crippen MR) is 78.4 cm³/mol. The van der Waals surface area contributed by atoms with Crippen LogP contribution in [0.4, 0.5) is 5.82 Å². The molecule has 0 atom stereocenters. The summed E-state index contributed by atoms with van der Waals surface area (Å²) >= 11 is 0. The summed E-state index contributed by atoms with van der Waals surface area (Å²) < 4.78 is 7.20. The second kappa shape index (κ2) is 4.96. The van der Waals surface area contributed by atoms with Gasteiger partial charge in [-0.3, -0.25) is 4.68 Å². The Bertz CT molecular complexity index is 600. The van der Waals surface area contributed by atoms with Gasteiger partial charge in [-0.1, -0.05) is 13.8 Å². The van der Waals surface area contributed by atoms with Gasteiger partial charge in [-0.2, -0.15) is 5.10 Å². The lowest BCUT2D eigenvalue weighted by Gasteiger charge is -2.16. The molecule has 2 N–H and O–H groups in total. The molecular weight excluding hydrogens is 238 g/mol. The van der Waals surface area contributed by atoms with Crippen LogP contribution >= 0.6 is 0 Å². The van der Waals surface area contributed by atoms with Crippen molar-refractivity contribution >= 4 is 5.82 Å². The molecule has 0 bridgehead atoms. The van der Waals surface area contributed by atoms with Crippen LogP contribution in [0, 0.1) is 6.92 Å². The minimum absolute atomic E-state index is 0.395. The number of hydrogen-bond acceptors (Lipinski definition) is 3. The number of ether oxygens (including phenoxy) is 1. The van der Waals surface area contributed by atoms with Crippen LogP contribution in [0.15, 0.2) is 18.3 Å². The number of nitrogens with two attached hydrogens (primary N) is 1. The second-order valence-electron chi connectivity index (χ2n) is 5.14. The average molecular weight is 259 g/mol. The van der Waals surface area contributed by atoms with Gasteiger partial charge in [0, 0.05) is 12.6 Å². The van der Waals surface area contributed by atoms with E-state index in [1.165, 1.54) is 5.56 Å². The molecule has 0 unspecified atom stereocenters. The third-order valence-electron chi connectivity index (χ3n) is 3.43. The summed E-state index contributed by atoms with van der Waals surface area (Å²) in [6, 6.07) is 4.24. The maximum atomic E-state index is 6.05. The van der Waals surface area contributed by atoms with E-state index in [9.17, 15) is 0 Å². The molecule has 0 saturated carbocycles. The van der Waals surface area contributed by atoms with Crippen molar-refractivity contribution in [2.75, 3.05) is 12.8 Å². The number of hydrogen-bond donors (Lipinski definition) is 1. The number of aromatic nitrogens is 2. The number of nitrogens with zero attached hydrogens (tertiary/aromatic N) is 2. The largest absolute Gasteiger partial charge is 0.496 e. The Kier molecular flexibility index (Phi) is 3.51. The van der Waals surface area contributed by atoms with Crippen molar-refractivity contribution in [3.05, 3.63) is 29.5 Å². The molecule has 0 saturated heterocycles. The number of anilines is 1. The number of benzene rings is 1. The van der Waals surface area contributed by atoms with Crippen LogP contribution in [0.1, 0.15) is 30.9 Å². The highest BCUT2D eigenvalue weighted by atomic mass is 16.5. The molecule has 0 aliphatic carbocycles. The zero-order valence-corrected chi connectivity index (χ0v) is 12.2. The van der Waals surface area contributed by atoms with E-state index in [0.717, 1.165) is 22.4 Å². The monoisotopic (exact) mass is 259 g/mol. The van der Waals surface area contributed by atoms with E-state index in [1.54, 1.807) is 18.0 Å². The standard InChI is InChI=1S/C15H21N3O/c1-9(2)12-7-11(6-10(3)14(12)19-5)13-8-17-18(4)15(13)16/h6-9H,16H2,1-5H3. The van der Waals surface area contributed by atoms with Crippen molar-refractivity contribution in [3.8, 4) is 16.9 Å². The Hall–Kier alpha value is -1.97. The highest BCUT2D eigenvalue weighted by Gasteiger charge is 2.15. The summed E-state index contributed by atoms with van der Waals surface area (Å²) in [5, 5.41) is 4.20. The van der Waals surface area contributed by atoms with Gasteiger partial charge in [0.05, 0.1) is 13.3 Å². The van der Waals surface area contributed by atoms with E-state index < -0.39 is 0 Å². The van der Waals surface area contributed by atoms with Gasteiger partial charge in [0.2, 0.25) is 0 Å². The fourth-order valence-corrected chi connectivity index (χ4v) is 2.33. The lowest BCUT2D eigenvalue weighted by atomic mass is 9.94. The number of methoxy groups -OCH3 is 1. The Morgan fingerprint density at radius 2 is 2.00 bits per heavy atom. The van der Waals surface area contributed by atoms with Gasteiger partial charge in [-0.05, 0) is 41.7 Å². The van der Waals surface area contributed by atoms with E-state index in [2.05, 4.69) is 38.0 Å². The van der Waals surface area contributed by atoms with E-state index >= 15 is 0 Å². The van der Waals surface area contributed by atoms with Gasteiger partial charge in [0.1, 0.15) is 11.6 Å². The van der Waals surface area contributed by atoms with Crippen LogP contribution in [-0.4, -0.2) is 16.9 Å². The van der Waals surface area contributed by atoms with Crippen LogP contribution in [0.25, 0.3) is 11.1 Å². The first-order valence-corrected chi connectivity index (χ1v) is 6.42. The Morgan fingerprint density at radius 3 is 2.47 bits per heavy atom. The molecule has 0 fully saturated rings. The van der Waals surface area contributed by atoms with Crippen LogP contribution in [-0.2, 0) is 7.05 Å². The Balaban J connectivity index is 2.63. The highest BCUT2D eigenvalue weighted by molar-refractivity contribution is 5.75. The Labute approximate surface area is 114 Å². The Morgan fingerprint density at radius 1 is 1.32 bits per heavy atom. The van der Waals surface area contributed by atoms with E-state index in [4.69, 9.17) is 10.5 Å². The maximum absolute atomic E-state index is 6.05. The fraction of sp³-hybridized carbons (Fsp3) is 0.400. The first-order valence-electron chi connectivity index (χ1n) is 6.42. The summed E-state index contributed by atoms with van der Waals surface area (Å²) in [4.78, 5) is 0. The molecular formula is C15H21N3O. The summed E-state index contributed by atoms with van der Waals surface area (Å²) in [6.45, 7) is 6.38. The van der Waals surface area contributed by atoms with Gasteiger partial charge < -0.3 is 10.5 Å². The third-order valence-corrected chi connectivity index (χ3v) is 3.43. The predicted octanol–water partition coefficient (Wildman–Crippen LogP) is 3.11. The molecule has 1 aromatic carbocycles. The summed E-state index contributed by atoms with van der Waals surface area (Å²) in [7, 11) is 3.56. The number of rotatable bonds is 3. The molecule has 102 valence electrons. The normalized spacial score (nSPS) is 11.1. The van der Waals surface area contributed by atoms with Crippen molar-refractivity contribution in [1.82, 2.24) is 9.78 Å². The molecule has 1 heterocycles. The first kappa shape index (κ1) is 13.5. The quantitative estimate of drug-likeness (QED) is 0.921. The van der Waals surface area contributed by atoms with Crippen molar-refractivity contribution in [1.29, 1.82) is 0 Å². The highest BCUT2D eigenvalue weighted by Crippen LogP contribution is 2.36. The molecule has 0 radical (unpaired) electrons. The van der Waals surface area contributed by atoms with E-state index in [1.807, 2.05) is 7.05 Å². The zero-order chi connectivity index (χ0) is 14.2. The summed E-state index contributed by atoms with van der Waals surface area (Å²) in [5.74, 6) is 2.03. The summed E-state index contributed by atoms with van der Waals surface area (Å²) in [6.07, 6.45) is 1.81. The molecule has 0 spiro atoms. The third kappa shape index (κ3) is 2.30. The molecule has 2 rings (SSSR count). The zero-order valence-electron chi connectivity index (χ0n) is 12.2. The average Bonchev–Trinajstić information content (AvgIpc) is 2.69. The van der Waals surface area contributed by atoms with Crippen molar-refractivity contribution in [3.63, 3.8) is 0 Å². The molecule has 0 aliphatic heterocycles. The van der Waals surface area contributed by atoms with Crippen LogP contribution in [0.5, 0.6) is 5.75 Å². The maximum Gasteiger partial charge on any atom is 0.129 e. The summed E-state index contributed by atoms with van der Waals surface area (Å²) in [5.41, 5.74) is 10.4. The minimum Gasteiger partial charge on any atom is -0.496 e. The number of aryl methyl sites for hydroxylation is 2. The van der Waals surface area contributed by atoms with Crippen LogP contribution in [0.2, 0.25) is 0 Å². The smallest absolute Gasteiger partial charge is 0.129 e. The second-order valence-corrected chi connectivity index (χ2v) is 5.14. The van der Waals surface area contributed by atoms with Gasteiger partial charge in [-0.25, -0.2) is 0 Å². The molecule has 2 aromatic rings. The van der Waals surface area contributed by atoms with Gasteiger partial charge >= 0.3 is 0 Å². The van der Waals surface area contributed by atoms with Gasteiger partial charge in [-0.15, -0.1) is 0 Å². The van der Waals surface area contributed by atoms with Crippen LogP contribution < -0.4 is 10.5 Å². The van der Waals surface area contributed by atoms with E-state index in [0.29, 0.717) is 11.7 Å². The lowest BCUT2D eigenvalue weighted by molar-refractivity contribution is 0.404. The number of nitrogen functional groups attached to an aromatic ring is 1. The molecule has 1 aromatic heterocycles. The SMILES string of the molecule is COc1c(C)cc(-c2cnn(C)c2N)cc1C(C)C. The first-order chi connectivity index (χ1) is 8.95. The van der Waals surface area contributed by atoms with E-state index in [-0.39, 0.29) is 0 Å². The molecule has 4 heteroatoms. The van der Waals surface area contributed by atoms with Gasteiger partial charge in [0.25, 0.3) is 0 Å². The van der Waals surface area contributed by atoms with Crippen molar-refractivity contribution < 1.29 is 4.74 Å². The molecule has 4 nitrogen and oxygen atoms in total. The van der Waals surface area contributed by atoms with Crippen LogP contribution in [0.3, 0.4) is 0 Å². The minimum atomic E-state index is 0.395. The van der Waals surface area contributed by atoms with Crippen molar-refractivity contribution in [2.24, 2.45) is 7.05 Å². The fourth-order valence-electron chi connectivity index (χ4n) is 2.33. The van der Waals surface area contributed by atoms with Crippen molar-refractivity contribution in [2.45, 2.75) is 26.7 Å². The lowest BCUT2D eigenvalue weighted by Crippen LogP contribution is -2.00. The topological polar surface area (TPSA) is 53.1 Å². The molecule has 19 heavy (non-hydrogen) atoms.